The highest BCUT2D eigenvalue weighted by Gasteiger charge is 2.29. The Balaban J connectivity index is 1.75. The Hall–Kier alpha value is -1.66. The number of ketones is 1. The SMILES string of the molecule is Cc1cc(C)c(C(=O)CSc2nnc(CO)n2C2CC2)cc1C. The first kappa shape index (κ1) is 16.2. The number of Topliss-reactive ketones (excluding diaryl/α,β-unsaturated/α-hetero) is 1. The van der Waals surface area contributed by atoms with Gasteiger partial charge in [0.05, 0.1) is 5.75 Å². The second kappa shape index (κ2) is 6.45. The van der Waals surface area contributed by atoms with E-state index >= 15 is 0 Å². The summed E-state index contributed by atoms with van der Waals surface area (Å²) in [5.41, 5.74) is 4.12. The standard InChI is InChI=1S/C17H21N3O2S/c1-10-6-12(3)14(7-11(10)2)15(22)9-23-17-19-18-16(8-21)20(17)13-4-5-13/h6-7,13,21H,4-5,8-9H2,1-3H3. The van der Waals surface area contributed by atoms with Crippen LogP contribution in [0.5, 0.6) is 0 Å². The fourth-order valence-corrected chi connectivity index (χ4v) is 3.59. The van der Waals surface area contributed by atoms with Crippen LogP contribution in [0.3, 0.4) is 0 Å². The third-order valence-corrected chi connectivity index (χ3v) is 5.21. The Labute approximate surface area is 140 Å². The van der Waals surface area contributed by atoms with E-state index in [4.69, 9.17) is 0 Å². The third kappa shape index (κ3) is 3.33. The van der Waals surface area contributed by atoms with E-state index < -0.39 is 0 Å². The minimum absolute atomic E-state index is 0.103. The monoisotopic (exact) mass is 331 g/mol. The number of carbonyl (C=O) groups is 1. The number of hydrogen-bond donors (Lipinski definition) is 1. The molecule has 1 aromatic carbocycles. The molecule has 5 nitrogen and oxygen atoms in total. The van der Waals surface area contributed by atoms with E-state index in [1.165, 1.54) is 17.3 Å². The summed E-state index contributed by atoms with van der Waals surface area (Å²) >= 11 is 1.40. The smallest absolute Gasteiger partial charge is 0.191 e. The number of aliphatic hydroxyl groups excluding tert-OH is 1. The lowest BCUT2D eigenvalue weighted by molar-refractivity contribution is 0.102. The number of thioether (sulfide) groups is 1. The Morgan fingerprint density at radius 3 is 2.57 bits per heavy atom. The lowest BCUT2D eigenvalue weighted by Crippen LogP contribution is -2.08. The van der Waals surface area contributed by atoms with Gasteiger partial charge in [0.15, 0.2) is 16.8 Å². The van der Waals surface area contributed by atoms with Crippen LogP contribution in [-0.2, 0) is 6.61 Å². The van der Waals surface area contributed by atoms with Crippen LogP contribution in [0.4, 0.5) is 0 Å². The molecule has 3 rings (SSSR count). The van der Waals surface area contributed by atoms with Crippen molar-refractivity contribution in [1.82, 2.24) is 14.8 Å². The normalized spacial score (nSPS) is 14.3. The van der Waals surface area contributed by atoms with Crippen LogP contribution in [0.25, 0.3) is 0 Å². The zero-order valence-corrected chi connectivity index (χ0v) is 14.5. The van der Waals surface area contributed by atoms with Gasteiger partial charge in [-0.05, 0) is 56.4 Å². The summed E-state index contributed by atoms with van der Waals surface area (Å²) in [5.74, 6) is 1.02. The van der Waals surface area contributed by atoms with Gasteiger partial charge in [0.2, 0.25) is 0 Å². The average Bonchev–Trinajstić information content (AvgIpc) is 3.28. The third-order valence-electron chi connectivity index (χ3n) is 4.26. The largest absolute Gasteiger partial charge is 0.388 e. The first-order chi connectivity index (χ1) is 11.0. The molecule has 1 heterocycles. The Morgan fingerprint density at radius 1 is 1.22 bits per heavy atom. The molecule has 6 heteroatoms. The topological polar surface area (TPSA) is 68.0 Å². The van der Waals surface area contributed by atoms with Gasteiger partial charge in [-0.3, -0.25) is 4.79 Å². The number of rotatable bonds is 6. The van der Waals surface area contributed by atoms with Crippen molar-refractivity contribution in [2.24, 2.45) is 0 Å². The van der Waals surface area contributed by atoms with Gasteiger partial charge in [-0.25, -0.2) is 0 Å². The molecule has 2 aromatic rings. The maximum Gasteiger partial charge on any atom is 0.191 e. The molecule has 1 aliphatic carbocycles. The minimum Gasteiger partial charge on any atom is -0.388 e. The molecule has 1 aliphatic rings. The van der Waals surface area contributed by atoms with Crippen molar-refractivity contribution in [3.8, 4) is 0 Å². The Morgan fingerprint density at radius 2 is 1.91 bits per heavy atom. The van der Waals surface area contributed by atoms with Gasteiger partial charge < -0.3 is 9.67 Å². The minimum atomic E-state index is -0.117. The fourth-order valence-electron chi connectivity index (χ4n) is 2.68. The first-order valence-electron chi connectivity index (χ1n) is 7.79. The molecular formula is C17H21N3O2S. The molecular weight excluding hydrogens is 310 g/mol. The number of carbonyl (C=O) groups excluding carboxylic acids is 1. The molecule has 23 heavy (non-hydrogen) atoms. The van der Waals surface area contributed by atoms with Crippen molar-refractivity contribution in [1.29, 1.82) is 0 Å². The van der Waals surface area contributed by atoms with E-state index in [0.29, 0.717) is 17.6 Å². The van der Waals surface area contributed by atoms with Gasteiger partial charge in [-0.15, -0.1) is 10.2 Å². The molecule has 122 valence electrons. The van der Waals surface area contributed by atoms with Crippen molar-refractivity contribution in [2.75, 3.05) is 5.75 Å². The second-order valence-electron chi connectivity index (χ2n) is 6.12. The van der Waals surface area contributed by atoms with E-state index in [0.717, 1.165) is 34.7 Å². The van der Waals surface area contributed by atoms with Gasteiger partial charge in [-0.1, -0.05) is 17.8 Å². The van der Waals surface area contributed by atoms with Crippen molar-refractivity contribution in [3.63, 3.8) is 0 Å². The lowest BCUT2D eigenvalue weighted by Gasteiger charge is -2.10. The van der Waals surface area contributed by atoms with E-state index in [1.807, 2.05) is 24.5 Å². The molecule has 0 radical (unpaired) electrons. The molecule has 0 unspecified atom stereocenters. The number of hydrogen-bond acceptors (Lipinski definition) is 5. The van der Waals surface area contributed by atoms with E-state index in [1.54, 1.807) is 0 Å². The summed E-state index contributed by atoms with van der Waals surface area (Å²) < 4.78 is 1.98. The fraction of sp³-hybridized carbons (Fsp3) is 0.471. The van der Waals surface area contributed by atoms with Crippen molar-refractivity contribution >= 4 is 17.5 Å². The Bertz CT molecular complexity index is 751. The molecule has 1 fully saturated rings. The van der Waals surface area contributed by atoms with Crippen molar-refractivity contribution < 1.29 is 9.90 Å². The molecule has 0 atom stereocenters. The summed E-state index contributed by atoms with van der Waals surface area (Å²) in [6, 6.07) is 4.41. The summed E-state index contributed by atoms with van der Waals surface area (Å²) in [5, 5.41) is 18.2. The van der Waals surface area contributed by atoms with Crippen LogP contribution in [0.15, 0.2) is 17.3 Å². The Kier molecular flexibility index (Phi) is 4.55. The highest BCUT2D eigenvalue weighted by Crippen LogP contribution is 2.38. The van der Waals surface area contributed by atoms with Gasteiger partial charge in [-0.2, -0.15) is 0 Å². The van der Waals surface area contributed by atoms with E-state index in [-0.39, 0.29) is 12.4 Å². The number of aryl methyl sites for hydroxylation is 3. The maximum atomic E-state index is 12.5. The maximum absolute atomic E-state index is 12.5. The van der Waals surface area contributed by atoms with E-state index in [9.17, 15) is 9.90 Å². The molecule has 0 bridgehead atoms. The predicted octanol–water partition coefficient (Wildman–Crippen LogP) is 3.01. The van der Waals surface area contributed by atoms with Gasteiger partial charge >= 0.3 is 0 Å². The zero-order chi connectivity index (χ0) is 16.6. The number of nitrogens with zero attached hydrogens (tertiary/aromatic N) is 3. The summed E-state index contributed by atoms with van der Waals surface area (Å²) in [6.45, 7) is 5.94. The summed E-state index contributed by atoms with van der Waals surface area (Å²) in [6.07, 6.45) is 2.17. The number of aromatic nitrogens is 3. The molecule has 0 spiro atoms. The molecule has 1 aromatic heterocycles. The highest BCUT2D eigenvalue weighted by molar-refractivity contribution is 7.99. The summed E-state index contributed by atoms with van der Waals surface area (Å²) in [4.78, 5) is 12.5. The van der Waals surface area contributed by atoms with Crippen LogP contribution in [0, 0.1) is 20.8 Å². The zero-order valence-electron chi connectivity index (χ0n) is 13.7. The second-order valence-corrected chi connectivity index (χ2v) is 7.06. The van der Waals surface area contributed by atoms with Gasteiger partial charge in [0.1, 0.15) is 6.61 Å². The molecule has 1 N–H and O–H groups in total. The number of aliphatic hydroxyl groups is 1. The molecule has 0 aliphatic heterocycles. The van der Waals surface area contributed by atoms with Crippen LogP contribution >= 0.6 is 11.8 Å². The van der Waals surface area contributed by atoms with E-state index in [2.05, 4.69) is 23.2 Å². The average molecular weight is 331 g/mol. The van der Waals surface area contributed by atoms with Crippen LogP contribution in [-0.4, -0.2) is 31.4 Å². The molecule has 0 amide bonds. The first-order valence-corrected chi connectivity index (χ1v) is 8.78. The van der Waals surface area contributed by atoms with Gasteiger partial charge in [0.25, 0.3) is 0 Å². The predicted molar refractivity (Wildman–Crippen MR) is 89.9 cm³/mol. The molecule has 0 saturated heterocycles. The van der Waals surface area contributed by atoms with Crippen LogP contribution in [0.2, 0.25) is 0 Å². The van der Waals surface area contributed by atoms with Gasteiger partial charge in [0, 0.05) is 11.6 Å². The van der Waals surface area contributed by atoms with Crippen molar-refractivity contribution in [2.45, 2.75) is 51.4 Å². The highest BCUT2D eigenvalue weighted by atomic mass is 32.2. The number of benzene rings is 1. The van der Waals surface area contributed by atoms with Crippen LogP contribution in [0.1, 0.15) is 51.8 Å². The summed E-state index contributed by atoms with van der Waals surface area (Å²) in [7, 11) is 0. The lowest BCUT2D eigenvalue weighted by atomic mass is 9.99. The molecule has 1 saturated carbocycles. The van der Waals surface area contributed by atoms with Crippen molar-refractivity contribution in [3.05, 3.63) is 40.2 Å². The van der Waals surface area contributed by atoms with Crippen LogP contribution < -0.4 is 0 Å². The quantitative estimate of drug-likeness (QED) is 0.651.